The number of aliphatic hydroxyl groups excluding tert-OH is 1. The third-order valence-electron chi connectivity index (χ3n) is 4.37. The van der Waals surface area contributed by atoms with Gasteiger partial charge >= 0.3 is 6.09 Å². The molecule has 0 radical (unpaired) electrons. The van der Waals surface area contributed by atoms with Gasteiger partial charge in [-0.2, -0.15) is 0 Å². The number of benzene rings is 2. The van der Waals surface area contributed by atoms with E-state index in [1.54, 1.807) is 12.0 Å². The number of nitrogens with zero attached hydrogens (tertiary/aromatic N) is 1. The first-order valence-electron chi connectivity index (χ1n) is 8.53. The second-order valence-electron chi connectivity index (χ2n) is 6.19. The van der Waals surface area contributed by atoms with Crippen molar-refractivity contribution in [3.05, 3.63) is 65.7 Å². The standard InChI is InChI=1S/C20H23NO5/c1-24-17-9-7-15(8-10-17)11-21-18(13-26-20(21)23)19(22)14-25-12-16-5-3-2-4-6-16/h2-10,18-19,22H,11-14H2,1H3/t18-,19+/m1/s1. The fraction of sp³-hybridized carbons (Fsp3) is 0.350. The summed E-state index contributed by atoms with van der Waals surface area (Å²) < 4.78 is 15.9. The highest BCUT2D eigenvalue weighted by molar-refractivity contribution is 5.70. The van der Waals surface area contributed by atoms with Crippen molar-refractivity contribution < 1.29 is 24.1 Å². The van der Waals surface area contributed by atoms with Crippen molar-refractivity contribution >= 4 is 6.09 Å². The summed E-state index contributed by atoms with van der Waals surface area (Å²) in [7, 11) is 1.61. The van der Waals surface area contributed by atoms with Crippen molar-refractivity contribution in [1.29, 1.82) is 0 Å². The number of methoxy groups -OCH3 is 1. The van der Waals surface area contributed by atoms with E-state index in [-0.39, 0.29) is 13.2 Å². The number of rotatable bonds is 8. The predicted octanol–water partition coefficient (Wildman–Crippen LogP) is 2.59. The van der Waals surface area contributed by atoms with Gasteiger partial charge < -0.3 is 19.3 Å². The molecule has 0 aliphatic carbocycles. The van der Waals surface area contributed by atoms with Gasteiger partial charge in [-0.1, -0.05) is 42.5 Å². The molecule has 0 unspecified atom stereocenters. The summed E-state index contributed by atoms with van der Waals surface area (Å²) in [5.41, 5.74) is 1.97. The summed E-state index contributed by atoms with van der Waals surface area (Å²) in [6, 6.07) is 16.8. The highest BCUT2D eigenvalue weighted by Crippen LogP contribution is 2.21. The van der Waals surface area contributed by atoms with Gasteiger partial charge in [0.2, 0.25) is 0 Å². The van der Waals surface area contributed by atoms with Crippen LogP contribution in [0.15, 0.2) is 54.6 Å². The lowest BCUT2D eigenvalue weighted by molar-refractivity contribution is -0.00751. The maximum atomic E-state index is 12.0. The molecule has 2 aromatic carbocycles. The first-order chi connectivity index (χ1) is 12.7. The van der Waals surface area contributed by atoms with Crippen LogP contribution in [0.4, 0.5) is 4.79 Å². The van der Waals surface area contributed by atoms with Crippen molar-refractivity contribution in [2.45, 2.75) is 25.3 Å². The molecule has 0 aromatic heterocycles. The number of carbonyl (C=O) groups is 1. The van der Waals surface area contributed by atoms with E-state index in [1.807, 2.05) is 54.6 Å². The highest BCUT2D eigenvalue weighted by atomic mass is 16.6. The highest BCUT2D eigenvalue weighted by Gasteiger charge is 2.37. The third kappa shape index (κ3) is 4.53. The average Bonchev–Trinajstić information content (AvgIpc) is 3.04. The largest absolute Gasteiger partial charge is 0.497 e. The SMILES string of the molecule is COc1ccc(CN2C(=O)OC[C@@H]2[C@@H](O)COCc2ccccc2)cc1. The number of hydrogen-bond donors (Lipinski definition) is 1. The first-order valence-corrected chi connectivity index (χ1v) is 8.53. The Morgan fingerprint density at radius 3 is 2.58 bits per heavy atom. The van der Waals surface area contributed by atoms with Crippen LogP contribution in [0.5, 0.6) is 5.75 Å². The molecule has 2 atom stereocenters. The first kappa shape index (κ1) is 18.2. The van der Waals surface area contributed by atoms with E-state index in [0.29, 0.717) is 13.2 Å². The lowest BCUT2D eigenvalue weighted by Crippen LogP contribution is -2.43. The van der Waals surface area contributed by atoms with E-state index in [1.165, 1.54) is 0 Å². The molecular weight excluding hydrogens is 334 g/mol. The minimum absolute atomic E-state index is 0.134. The molecule has 1 heterocycles. The minimum atomic E-state index is -0.816. The predicted molar refractivity (Wildman–Crippen MR) is 95.8 cm³/mol. The fourth-order valence-electron chi connectivity index (χ4n) is 2.88. The molecule has 26 heavy (non-hydrogen) atoms. The van der Waals surface area contributed by atoms with E-state index in [9.17, 15) is 9.90 Å². The van der Waals surface area contributed by atoms with Crippen LogP contribution in [0.25, 0.3) is 0 Å². The number of ether oxygens (including phenoxy) is 3. The maximum absolute atomic E-state index is 12.0. The van der Waals surface area contributed by atoms with Gasteiger partial charge in [-0.05, 0) is 23.3 Å². The summed E-state index contributed by atoms with van der Waals surface area (Å²) >= 11 is 0. The molecule has 3 rings (SSSR count). The molecule has 1 aliphatic rings. The van der Waals surface area contributed by atoms with Crippen molar-refractivity contribution in [1.82, 2.24) is 4.90 Å². The molecule has 1 fully saturated rings. The monoisotopic (exact) mass is 357 g/mol. The normalized spacial score (nSPS) is 17.8. The third-order valence-corrected chi connectivity index (χ3v) is 4.37. The Morgan fingerprint density at radius 2 is 1.88 bits per heavy atom. The summed E-state index contributed by atoms with van der Waals surface area (Å²) in [5.74, 6) is 0.753. The number of carbonyl (C=O) groups excluding carboxylic acids is 1. The summed E-state index contributed by atoms with van der Waals surface area (Å²) in [6.07, 6.45) is -1.24. The van der Waals surface area contributed by atoms with Gasteiger partial charge in [-0.3, -0.25) is 4.90 Å². The van der Waals surface area contributed by atoms with Gasteiger partial charge in [0.15, 0.2) is 0 Å². The smallest absolute Gasteiger partial charge is 0.410 e. The van der Waals surface area contributed by atoms with Gasteiger partial charge in [0.1, 0.15) is 18.5 Å². The molecule has 138 valence electrons. The van der Waals surface area contributed by atoms with Gasteiger partial charge in [0.25, 0.3) is 0 Å². The van der Waals surface area contributed by atoms with Crippen LogP contribution in [0.3, 0.4) is 0 Å². The number of cyclic esters (lactones) is 1. The zero-order valence-electron chi connectivity index (χ0n) is 14.7. The minimum Gasteiger partial charge on any atom is -0.497 e. The molecule has 1 aliphatic heterocycles. The second-order valence-corrected chi connectivity index (χ2v) is 6.19. The molecule has 1 amide bonds. The molecule has 0 spiro atoms. The Morgan fingerprint density at radius 1 is 1.15 bits per heavy atom. The van der Waals surface area contributed by atoms with Gasteiger partial charge in [-0.15, -0.1) is 0 Å². The Labute approximate surface area is 152 Å². The van der Waals surface area contributed by atoms with Crippen molar-refractivity contribution in [2.75, 3.05) is 20.3 Å². The van der Waals surface area contributed by atoms with E-state index in [0.717, 1.165) is 16.9 Å². The maximum Gasteiger partial charge on any atom is 0.410 e. The topological polar surface area (TPSA) is 68.2 Å². The van der Waals surface area contributed by atoms with Crippen LogP contribution in [-0.2, 0) is 22.6 Å². The molecule has 1 saturated heterocycles. The zero-order chi connectivity index (χ0) is 18.4. The van der Waals surface area contributed by atoms with Crippen LogP contribution < -0.4 is 4.74 Å². The van der Waals surface area contributed by atoms with Crippen molar-refractivity contribution in [3.63, 3.8) is 0 Å². The Balaban J connectivity index is 1.55. The Hall–Kier alpha value is -2.57. The molecule has 1 N–H and O–H groups in total. The molecule has 0 saturated carbocycles. The van der Waals surface area contributed by atoms with Crippen LogP contribution in [0, 0.1) is 0 Å². The number of amides is 1. The Bertz CT molecular complexity index is 704. The zero-order valence-corrected chi connectivity index (χ0v) is 14.7. The Kier molecular flexibility index (Phi) is 6.09. The van der Waals surface area contributed by atoms with Crippen molar-refractivity contribution in [3.8, 4) is 5.75 Å². The van der Waals surface area contributed by atoms with Crippen LogP contribution >= 0.6 is 0 Å². The number of hydrogen-bond acceptors (Lipinski definition) is 5. The fourth-order valence-corrected chi connectivity index (χ4v) is 2.88. The second kappa shape index (κ2) is 8.69. The summed E-state index contributed by atoms with van der Waals surface area (Å²) in [6.45, 7) is 1.07. The average molecular weight is 357 g/mol. The lowest BCUT2D eigenvalue weighted by atomic mass is 10.1. The van der Waals surface area contributed by atoms with E-state index in [2.05, 4.69) is 0 Å². The molecule has 6 heteroatoms. The van der Waals surface area contributed by atoms with Gasteiger partial charge in [-0.25, -0.2) is 4.79 Å². The molecule has 2 aromatic rings. The molecule has 0 bridgehead atoms. The van der Waals surface area contributed by atoms with Crippen LogP contribution in [0.2, 0.25) is 0 Å². The van der Waals surface area contributed by atoms with Gasteiger partial charge in [0, 0.05) is 6.54 Å². The molecule has 6 nitrogen and oxygen atoms in total. The number of aliphatic hydroxyl groups is 1. The van der Waals surface area contributed by atoms with E-state index in [4.69, 9.17) is 14.2 Å². The summed E-state index contributed by atoms with van der Waals surface area (Å²) in [4.78, 5) is 13.6. The quantitative estimate of drug-likeness (QED) is 0.786. The lowest BCUT2D eigenvalue weighted by Gasteiger charge is -2.25. The summed E-state index contributed by atoms with van der Waals surface area (Å²) in [5, 5.41) is 10.5. The van der Waals surface area contributed by atoms with Gasteiger partial charge in [0.05, 0.1) is 26.4 Å². The van der Waals surface area contributed by atoms with Crippen LogP contribution in [0.1, 0.15) is 11.1 Å². The van der Waals surface area contributed by atoms with Crippen molar-refractivity contribution in [2.24, 2.45) is 0 Å². The van der Waals surface area contributed by atoms with Crippen LogP contribution in [-0.4, -0.2) is 48.6 Å². The molecular formula is C20H23NO5. The van der Waals surface area contributed by atoms with E-state index >= 15 is 0 Å². The van der Waals surface area contributed by atoms with E-state index < -0.39 is 18.2 Å².